The van der Waals surface area contributed by atoms with Crippen molar-refractivity contribution >= 4 is 0 Å². The summed E-state index contributed by atoms with van der Waals surface area (Å²) in [6, 6.07) is 0. The van der Waals surface area contributed by atoms with E-state index in [1.54, 1.807) is 0 Å². The number of hydrogen-bond donors (Lipinski definition) is 1. The summed E-state index contributed by atoms with van der Waals surface area (Å²) in [6.45, 7) is 3.46. The van der Waals surface area contributed by atoms with Gasteiger partial charge < -0.3 is 15.4 Å². The maximum absolute atomic E-state index is 6.35. The van der Waals surface area contributed by atoms with Gasteiger partial charge in [-0.05, 0) is 32.2 Å². The summed E-state index contributed by atoms with van der Waals surface area (Å²) in [7, 11) is 1.82. The van der Waals surface area contributed by atoms with Gasteiger partial charge in [0.25, 0.3) is 0 Å². The number of methoxy groups -OCH3 is 1. The minimum absolute atomic E-state index is 0.158. The Morgan fingerprint density at radius 2 is 2.13 bits per heavy atom. The average Bonchev–Trinajstić information content (AvgIpc) is 2.84. The number of nitrogens with zero attached hydrogens (tertiary/aromatic N) is 1. The van der Waals surface area contributed by atoms with Gasteiger partial charge in [-0.25, -0.2) is 0 Å². The van der Waals surface area contributed by atoms with Crippen LogP contribution in [0.15, 0.2) is 0 Å². The van der Waals surface area contributed by atoms with E-state index in [9.17, 15) is 0 Å². The van der Waals surface area contributed by atoms with E-state index in [-0.39, 0.29) is 5.54 Å². The van der Waals surface area contributed by atoms with Gasteiger partial charge in [-0.1, -0.05) is 12.8 Å². The highest BCUT2D eigenvalue weighted by atomic mass is 16.5. The molecular weight excluding hydrogens is 188 g/mol. The molecule has 1 saturated carbocycles. The molecule has 1 heterocycles. The lowest BCUT2D eigenvalue weighted by Gasteiger charge is -2.26. The molecule has 0 aromatic rings. The quantitative estimate of drug-likeness (QED) is 0.765. The van der Waals surface area contributed by atoms with Crippen LogP contribution in [0, 0.1) is 0 Å². The zero-order valence-corrected chi connectivity index (χ0v) is 9.87. The van der Waals surface area contributed by atoms with Crippen molar-refractivity contribution in [2.75, 3.05) is 26.7 Å². The summed E-state index contributed by atoms with van der Waals surface area (Å²) in [4.78, 5) is 2.50. The van der Waals surface area contributed by atoms with Crippen LogP contribution in [0.4, 0.5) is 0 Å². The molecule has 2 aliphatic rings. The van der Waals surface area contributed by atoms with Crippen molar-refractivity contribution in [3.05, 3.63) is 0 Å². The van der Waals surface area contributed by atoms with Crippen LogP contribution < -0.4 is 5.73 Å². The lowest BCUT2D eigenvalue weighted by Crippen LogP contribution is -2.40. The molecule has 88 valence electrons. The van der Waals surface area contributed by atoms with Crippen LogP contribution in [0.3, 0.4) is 0 Å². The number of nitrogens with two attached hydrogens (primary N) is 1. The molecule has 3 heteroatoms. The Morgan fingerprint density at radius 3 is 2.73 bits per heavy atom. The third kappa shape index (κ3) is 2.92. The van der Waals surface area contributed by atoms with E-state index < -0.39 is 0 Å². The molecule has 0 aromatic heterocycles. The Balaban J connectivity index is 1.70. The van der Waals surface area contributed by atoms with Crippen LogP contribution in [0.25, 0.3) is 0 Å². The number of likely N-dealkylation sites (tertiary alicyclic amines) is 1. The number of ether oxygens (including phenoxy) is 1. The second kappa shape index (κ2) is 4.81. The zero-order chi connectivity index (χ0) is 10.7. The van der Waals surface area contributed by atoms with Crippen molar-refractivity contribution in [1.82, 2.24) is 4.90 Å². The van der Waals surface area contributed by atoms with E-state index in [0.29, 0.717) is 6.10 Å². The third-order valence-corrected chi connectivity index (χ3v) is 4.09. The summed E-state index contributed by atoms with van der Waals surface area (Å²) >= 11 is 0. The van der Waals surface area contributed by atoms with Crippen molar-refractivity contribution in [2.24, 2.45) is 5.73 Å². The minimum Gasteiger partial charge on any atom is -0.380 e. The Hall–Kier alpha value is -0.120. The normalized spacial score (nSPS) is 31.2. The van der Waals surface area contributed by atoms with Crippen LogP contribution in [0.5, 0.6) is 0 Å². The Morgan fingerprint density at radius 1 is 1.40 bits per heavy atom. The van der Waals surface area contributed by atoms with Crippen molar-refractivity contribution in [2.45, 2.75) is 50.2 Å². The first-order valence-corrected chi connectivity index (χ1v) is 6.26. The first-order chi connectivity index (χ1) is 7.22. The maximum atomic E-state index is 6.35. The number of rotatable bonds is 4. The Labute approximate surface area is 93.0 Å². The van der Waals surface area contributed by atoms with Gasteiger partial charge >= 0.3 is 0 Å². The van der Waals surface area contributed by atoms with E-state index in [0.717, 1.165) is 13.1 Å². The molecule has 1 unspecified atom stereocenters. The SMILES string of the molecule is COC1CCN(CCC2(N)CCCC2)C1. The standard InChI is InChI=1S/C12H24N2O/c1-15-11-4-8-14(10-11)9-7-12(13)5-2-3-6-12/h11H,2-10,13H2,1H3. The van der Waals surface area contributed by atoms with Crippen LogP contribution in [0.1, 0.15) is 38.5 Å². The van der Waals surface area contributed by atoms with Crippen molar-refractivity contribution in [3.63, 3.8) is 0 Å². The maximum Gasteiger partial charge on any atom is 0.0710 e. The molecule has 2 rings (SSSR count). The summed E-state index contributed by atoms with van der Waals surface area (Å²) in [6.07, 6.45) is 7.94. The predicted octanol–water partition coefficient (Wildman–Crippen LogP) is 1.37. The summed E-state index contributed by atoms with van der Waals surface area (Å²) in [5.41, 5.74) is 6.50. The summed E-state index contributed by atoms with van der Waals surface area (Å²) in [5.74, 6) is 0. The second-order valence-corrected chi connectivity index (χ2v) is 5.27. The van der Waals surface area contributed by atoms with Gasteiger partial charge in [-0.2, -0.15) is 0 Å². The predicted molar refractivity (Wildman–Crippen MR) is 61.9 cm³/mol. The van der Waals surface area contributed by atoms with Crippen molar-refractivity contribution in [1.29, 1.82) is 0 Å². The molecular formula is C12H24N2O. The molecule has 2 fully saturated rings. The summed E-state index contributed by atoms with van der Waals surface area (Å²) < 4.78 is 5.37. The topological polar surface area (TPSA) is 38.5 Å². The Kier molecular flexibility index (Phi) is 3.65. The minimum atomic E-state index is 0.158. The first-order valence-electron chi connectivity index (χ1n) is 6.26. The van der Waals surface area contributed by atoms with E-state index in [2.05, 4.69) is 4.90 Å². The second-order valence-electron chi connectivity index (χ2n) is 5.27. The fraction of sp³-hybridized carbons (Fsp3) is 1.00. The van der Waals surface area contributed by atoms with Crippen LogP contribution in [-0.4, -0.2) is 43.3 Å². The largest absolute Gasteiger partial charge is 0.380 e. The fourth-order valence-electron chi connectivity index (χ4n) is 2.90. The smallest absolute Gasteiger partial charge is 0.0710 e. The molecule has 1 aliphatic carbocycles. The van der Waals surface area contributed by atoms with E-state index in [1.807, 2.05) is 7.11 Å². The monoisotopic (exact) mass is 212 g/mol. The molecule has 0 spiro atoms. The van der Waals surface area contributed by atoms with Crippen molar-refractivity contribution in [3.8, 4) is 0 Å². The molecule has 2 N–H and O–H groups in total. The van der Waals surface area contributed by atoms with E-state index in [1.165, 1.54) is 45.1 Å². The molecule has 1 aliphatic heterocycles. The highest BCUT2D eigenvalue weighted by Gasteiger charge is 2.30. The third-order valence-electron chi connectivity index (χ3n) is 4.09. The fourth-order valence-corrected chi connectivity index (χ4v) is 2.90. The molecule has 1 atom stereocenters. The molecule has 0 amide bonds. The summed E-state index contributed by atoms with van der Waals surface area (Å²) in [5, 5.41) is 0. The molecule has 0 radical (unpaired) electrons. The van der Waals surface area contributed by atoms with Gasteiger partial charge in [-0.15, -0.1) is 0 Å². The molecule has 1 saturated heterocycles. The van der Waals surface area contributed by atoms with Crippen LogP contribution in [-0.2, 0) is 4.74 Å². The van der Waals surface area contributed by atoms with Gasteiger partial charge in [0.15, 0.2) is 0 Å². The first kappa shape index (κ1) is 11.4. The average molecular weight is 212 g/mol. The number of hydrogen-bond acceptors (Lipinski definition) is 3. The van der Waals surface area contributed by atoms with Gasteiger partial charge in [-0.3, -0.25) is 0 Å². The van der Waals surface area contributed by atoms with E-state index in [4.69, 9.17) is 10.5 Å². The van der Waals surface area contributed by atoms with E-state index >= 15 is 0 Å². The molecule has 3 nitrogen and oxygen atoms in total. The van der Waals surface area contributed by atoms with Gasteiger partial charge in [0.05, 0.1) is 6.10 Å². The lowest BCUT2D eigenvalue weighted by molar-refractivity contribution is 0.107. The zero-order valence-electron chi connectivity index (χ0n) is 9.87. The van der Waals surface area contributed by atoms with Gasteiger partial charge in [0.2, 0.25) is 0 Å². The molecule has 0 aromatic carbocycles. The van der Waals surface area contributed by atoms with Gasteiger partial charge in [0, 0.05) is 25.7 Å². The highest BCUT2D eigenvalue weighted by Crippen LogP contribution is 2.30. The van der Waals surface area contributed by atoms with Gasteiger partial charge in [0.1, 0.15) is 0 Å². The highest BCUT2D eigenvalue weighted by molar-refractivity contribution is 4.90. The lowest BCUT2D eigenvalue weighted by atomic mass is 9.94. The Bertz CT molecular complexity index is 202. The van der Waals surface area contributed by atoms with Crippen molar-refractivity contribution < 1.29 is 4.74 Å². The molecule has 15 heavy (non-hydrogen) atoms. The molecule has 0 bridgehead atoms. The van der Waals surface area contributed by atoms with Crippen LogP contribution >= 0.6 is 0 Å². The van der Waals surface area contributed by atoms with Crippen LogP contribution in [0.2, 0.25) is 0 Å².